The topological polar surface area (TPSA) is 12.0 Å². The predicted molar refractivity (Wildman–Crippen MR) is 72.2 cm³/mol. The van der Waals surface area contributed by atoms with Gasteiger partial charge in [0, 0.05) is 11.1 Å². The zero-order valence-corrected chi connectivity index (χ0v) is 11.2. The molecule has 2 heteroatoms. The van der Waals surface area contributed by atoms with E-state index in [1.165, 1.54) is 18.4 Å². The van der Waals surface area contributed by atoms with E-state index >= 15 is 0 Å². The summed E-state index contributed by atoms with van der Waals surface area (Å²) in [6, 6.07) is 8.80. The monoisotopic (exact) mass is 239 g/mol. The molecule has 0 spiro atoms. The van der Waals surface area contributed by atoms with Gasteiger partial charge in [-0.25, -0.2) is 0 Å². The maximum Gasteiger partial charge on any atom is 0.0408 e. The number of likely N-dealkylation sites (N-methyl/N-ethyl adjacent to an activating group) is 1. The molecule has 0 saturated heterocycles. The lowest BCUT2D eigenvalue weighted by Crippen LogP contribution is -2.31. The van der Waals surface area contributed by atoms with Crippen molar-refractivity contribution in [2.24, 2.45) is 0 Å². The van der Waals surface area contributed by atoms with Crippen molar-refractivity contribution >= 4 is 11.6 Å². The smallest absolute Gasteiger partial charge is 0.0408 e. The van der Waals surface area contributed by atoms with Crippen LogP contribution in [0.25, 0.3) is 0 Å². The molecule has 2 unspecified atom stereocenters. The molecule has 1 aromatic rings. The molecule has 1 N–H and O–H groups in total. The van der Waals surface area contributed by atoms with Gasteiger partial charge in [-0.1, -0.05) is 44.0 Å². The zero-order valence-electron chi connectivity index (χ0n) is 10.5. The third-order valence-corrected chi connectivity index (χ3v) is 3.41. The Hall–Kier alpha value is -0.530. The van der Waals surface area contributed by atoms with E-state index in [0.717, 1.165) is 11.4 Å². The first kappa shape index (κ1) is 13.5. The number of hydrogen-bond acceptors (Lipinski definition) is 1. The normalized spacial score (nSPS) is 14.8. The minimum Gasteiger partial charge on any atom is -0.316 e. The first-order valence-corrected chi connectivity index (χ1v) is 6.53. The quantitative estimate of drug-likeness (QED) is 0.784. The molecule has 0 aliphatic carbocycles. The van der Waals surface area contributed by atoms with Gasteiger partial charge >= 0.3 is 0 Å². The van der Waals surface area contributed by atoms with Gasteiger partial charge in [-0.3, -0.25) is 0 Å². The molecule has 2 atom stereocenters. The average molecular weight is 240 g/mol. The highest BCUT2D eigenvalue weighted by Gasteiger charge is 2.19. The fourth-order valence-corrected chi connectivity index (χ4v) is 2.55. The van der Waals surface area contributed by atoms with Crippen LogP contribution in [-0.4, -0.2) is 13.1 Å². The highest BCUT2D eigenvalue weighted by atomic mass is 35.5. The van der Waals surface area contributed by atoms with Crippen molar-refractivity contribution in [1.82, 2.24) is 5.32 Å². The molecule has 0 heterocycles. The Balaban J connectivity index is 2.87. The first-order valence-electron chi connectivity index (χ1n) is 6.15. The maximum absolute atomic E-state index is 6.05. The SMILES string of the molecule is CCCC(NC)C(CC)c1cccc(Cl)c1. The number of benzene rings is 1. The van der Waals surface area contributed by atoms with Crippen LogP contribution < -0.4 is 5.32 Å². The zero-order chi connectivity index (χ0) is 12.0. The van der Waals surface area contributed by atoms with Crippen molar-refractivity contribution in [1.29, 1.82) is 0 Å². The molecule has 0 aliphatic rings. The molecule has 0 fully saturated rings. The van der Waals surface area contributed by atoms with Crippen molar-refractivity contribution in [2.45, 2.75) is 45.1 Å². The lowest BCUT2D eigenvalue weighted by Gasteiger charge is -2.26. The summed E-state index contributed by atoms with van der Waals surface area (Å²) in [4.78, 5) is 0. The van der Waals surface area contributed by atoms with Crippen LogP contribution in [0.15, 0.2) is 24.3 Å². The lowest BCUT2D eigenvalue weighted by molar-refractivity contribution is 0.422. The van der Waals surface area contributed by atoms with E-state index in [1.54, 1.807) is 0 Å². The molecule has 90 valence electrons. The van der Waals surface area contributed by atoms with Gasteiger partial charge in [0.15, 0.2) is 0 Å². The van der Waals surface area contributed by atoms with E-state index in [4.69, 9.17) is 11.6 Å². The van der Waals surface area contributed by atoms with Gasteiger partial charge in [0.05, 0.1) is 0 Å². The van der Waals surface area contributed by atoms with E-state index in [0.29, 0.717) is 12.0 Å². The van der Waals surface area contributed by atoms with E-state index in [1.807, 2.05) is 19.2 Å². The average Bonchev–Trinajstić information content (AvgIpc) is 2.29. The standard InChI is InChI=1S/C14H22ClN/c1-4-7-14(16-3)13(5-2)11-8-6-9-12(15)10-11/h6,8-10,13-14,16H,4-5,7H2,1-3H3. The van der Waals surface area contributed by atoms with E-state index < -0.39 is 0 Å². The molecular weight excluding hydrogens is 218 g/mol. The molecule has 0 saturated carbocycles. The minimum absolute atomic E-state index is 0.550. The van der Waals surface area contributed by atoms with Crippen LogP contribution in [0, 0.1) is 0 Å². The molecule has 0 aliphatic heterocycles. The summed E-state index contributed by atoms with van der Waals surface area (Å²) in [5, 5.41) is 4.26. The third kappa shape index (κ3) is 3.50. The van der Waals surface area contributed by atoms with E-state index in [-0.39, 0.29) is 0 Å². The molecule has 1 nitrogen and oxygen atoms in total. The largest absolute Gasteiger partial charge is 0.316 e. The van der Waals surface area contributed by atoms with Crippen LogP contribution in [0.5, 0.6) is 0 Å². The third-order valence-electron chi connectivity index (χ3n) is 3.17. The van der Waals surface area contributed by atoms with E-state index in [9.17, 15) is 0 Å². The Morgan fingerprint density at radius 1 is 1.31 bits per heavy atom. The Kier molecular flexibility index (Phi) is 5.86. The molecule has 0 radical (unpaired) electrons. The fourth-order valence-electron chi connectivity index (χ4n) is 2.35. The summed E-state index contributed by atoms with van der Waals surface area (Å²) in [7, 11) is 2.05. The Morgan fingerprint density at radius 2 is 2.06 bits per heavy atom. The maximum atomic E-state index is 6.05. The van der Waals surface area contributed by atoms with Crippen LogP contribution in [0.4, 0.5) is 0 Å². The number of rotatable bonds is 6. The molecule has 0 aromatic heterocycles. The van der Waals surface area contributed by atoms with Gasteiger partial charge in [-0.05, 0) is 43.5 Å². The minimum atomic E-state index is 0.550. The molecule has 0 bridgehead atoms. The van der Waals surface area contributed by atoms with Gasteiger partial charge in [0.2, 0.25) is 0 Å². The summed E-state index contributed by atoms with van der Waals surface area (Å²) < 4.78 is 0. The lowest BCUT2D eigenvalue weighted by atomic mass is 9.87. The second-order valence-electron chi connectivity index (χ2n) is 4.25. The van der Waals surface area contributed by atoms with Crippen LogP contribution in [-0.2, 0) is 0 Å². The van der Waals surface area contributed by atoms with Crippen molar-refractivity contribution < 1.29 is 0 Å². The summed E-state index contributed by atoms with van der Waals surface area (Å²) in [6.45, 7) is 4.47. The predicted octanol–water partition coefficient (Wildman–Crippen LogP) is 4.22. The van der Waals surface area contributed by atoms with Gasteiger partial charge < -0.3 is 5.32 Å². The van der Waals surface area contributed by atoms with Gasteiger partial charge in [-0.15, -0.1) is 0 Å². The van der Waals surface area contributed by atoms with Crippen molar-refractivity contribution in [2.75, 3.05) is 7.05 Å². The summed E-state index contributed by atoms with van der Waals surface area (Å²) >= 11 is 6.05. The molecular formula is C14H22ClN. The summed E-state index contributed by atoms with van der Waals surface area (Å²) in [5.41, 5.74) is 1.35. The fraction of sp³-hybridized carbons (Fsp3) is 0.571. The molecule has 1 rings (SSSR count). The van der Waals surface area contributed by atoms with Crippen LogP contribution in [0.1, 0.15) is 44.6 Å². The molecule has 1 aromatic carbocycles. The van der Waals surface area contributed by atoms with Gasteiger partial charge in [0.25, 0.3) is 0 Å². The number of hydrogen-bond donors (Lipinski definition) is 1. The molecule has 0 amide bonds. The highest BCUT2D eigenvalue weighted by molar-refractivity contribution is 6.30. The highest BCUT2D eigenvalue weighted by Crippen LogP contribution is 2.27. The Bertz CT molecular complexity index is 311. The second kappa shape index (κ2) is 6.93. The first-order chi connectivity index (χ1) is 7.72. The van der Waals surface area contributed by atoms with Gasteiger partial charge in [-0.2, -0.15) is 0 Å². The van der Waals surface area contributed by atoms with Crippen molar-refractivity contribution in [3.8, 4) is 0 Å². The van der Waals surface area contributed by atoms with Crippen LogP contribution >= 0.6 is 11.6 Å². The molecule has 16 heavy (non-hydrogen) atoms. The van der Waals surface area contributed by atoms with Gasteiger partial charge in [0.1, 0.15) is 0 Å². The van der Waals surface area contributed by atoms with Crippen LogP contribution in [0.2, 0.25) is 5.02 Å². The Labute approximate surface area is 104 Å². The summed E-state index contributed by atoms with van der Waals surface area (Å²) in [6.07, 6.45) is 3.57. The number of halogens is 1. The van der Waals surface area contributed by atoms with Crippen molar-refractivity contribution in [3.05, 3.63) is 34.9 Å². The summed E-state index contributed by atoms with van der Waals surface area (Å²) in [5.74, 6) is 0.559. The Morgan fingerprint density at radius 3 is 2.56 bits per heavy atom. The van der Waals surface area contributed by atoms with Crippen molar-refractivity contribution in [3.63, 3.8) is 0 Å². The van der Waals surface area contributed by atoms with E-state index in [2.05, 4.69) is 31.3 Å². The van der Waals surface area contributed by atoms with Crippen LogP contribution in [0.3, 0.4) is 0 Å². The second-order valence-corrected chi connectivity index (χ2v) is 4.69. The number of nitrogens with one attached hydrogen (secondary N) is 1.